The van der Waals surface area contributed by atoms with E-state index in [2.05, 4.69) is 5.32 Å². The highest BCUT2D eigenvalue weighted by molar-refractivity contribution is 6.31. The largest absolute Gasteiger partial charge is 0.496 e. The molecule has 0 spiro atoms. The number of rotatable bonds is 6. The summed E-state index contributed by atoms with van der Waals surface area (Å²) >= 11 is 6.02. The number of likely N-dealkylation sites (tertiary alicyclic amines) is 1. The Kier molecular flexibility index (Phi) is 5.49. The van der Waals surface area contributed by atoms with E-state index in [0.717, 1.165) is 19.3 Å². The maximum absolute atomic E-state index is 12.9. The maximum Gasteiger partial charge on any atom is 0.258 e. The standard InChI is InChI=1S/C18H24ClN3O3/c1-25-16-7-6-12(19)9-13(16)18(24)22-8-2-3-15(22)17(23)21-10-14(20)11-4-5-11/h6-7,9,11,14-15H,2-5,8,10,20H2,1H3,(H,21,23). The number of ether oxygens (including phenoxy) is 1. The molecule has 1 aliphatic heterocycles. The molecule has 1 aromatic rings. The summed E-state index contributed by atoms with van der Waals surface area (Å²) in [6.07, 6.45) is 3.72. The number of carbonyl (C=O) groups excluding carboxylic acids is 2. The summed E-state index contributed by atoms with van der Waals surface area (Å²) in [4.78, 5) is 27.1. The fourth-order valence-electron chi connectivity index (χ4n) is 3.31. The maximum atomic E-state index is 12.9. The number of hydrogen-bond acceptors (Lipinski definition) is 4. The topological polar surface area (TPSA) is 84.7 Å². The molecule has 2 unspecified atom stereocenters. The SMILES string of the molecule is COc1ccc(Cl)cc1C(=O)N1CCCC1C(=O)NCC(N)C1CC1. The van der Waals surface area contributed by atoms with E-state index in [4.69, 9.17) is 22.1 Å². The lowest BCUT2D eigenvalue weighted by Crippen LogP contribution is -2.49. The lowest BCUT2D eigenvalue weighted by atomic mass is 10.1. The van der Waals surface area contributed by atoms with Crippen molar-refractivity contribution in [1.82, 2.24) is 10.2 Å². The molecule has 1 aliphatic carbocycles. The molecule has 3 N–H and O–H groups in total. The van der Waals surface area contributed by atoms with Gasteiger partial charge in [-0.25, -0.2) is 0 Å². The first-order valence-electron chi connectivity index (χ1n) is 8.69. The highest BCUT2D eigenvalue weighted by Crippen LogP contribution is 2.31. The highest BCUT2D eigenvalue weighted by atomic mass is 35.5. The van der Waals surface area contributed by atoms with Crippen LogP contribution in [0.1, 0.15) is 36.0 Å². The highest BCUT2D eigenvalue weighted by Gasteiger charge is 2.36. The van der Waals surface area contributed by atoms with Crippen molar-refractivity contribution in [2.45, 2.75) is 37.8 Å². The number of carbonyl (C=O) groups is 2. The van der Waals surface area contributed by atoms with Crippen molar-refractivity contribution >= 4 is 23.4 Å². The zero-order valence-electron chi connectivity index (χ0n) is 14.3. The molecule has 0 aromatic heterocycles. The molecule has 0 bridgehead atoms. The summed E-state index contributed by atoms with van der Waals surface area (Å²) in [5, 5.41) is 3.36. The molecule has 0 radical (unpaired) electrons. The number of benzene rings is 1. The van der Waals surface area contributed by atoms with Crippen LogP contribution < -0.4 is 15.8 Å². The quantitative estimate of drug-likeness (QED) is 0.805. The van der Waals surface area contributed by atoms with Crippen LogP contribution >= 0.6 is 11.6 Å². The molecule has 2 amide bonds. The van der Waals surface area contributed by atoms with Gasteiger partial charge in [-0.3, -0.25) is 9.59 Å². The Balaban J connectivity index is 1.69. The summed E-state index contributed by atoms with van der Waals surface area (Å²) in [6, 6.07) is 4.45. The van der Waals surface area contributed by atoms with E-state index >= 15 is 0 Å². The number of nitrogens with one attached hydrogen (secondary N) is 1. The third-order valence-electron chi connectivity index (χ3n) is 4.95. The Morgan fingerprint density at radius 3 is 2.84 bits per heavy atom. The Morgan fingerprint density at radius 1 is 1.40 bits per heavy atom. The van der Waals surface area contributed by atoms with Gasteiger partial charge in [-0.15, -0.1) is 0 Å². The molecule has 136 valence electrons. The average Bonchev–Trinajstić information content (AvgIpc) is 3.35. The van der Waals surface area contributed by atoms with E-state index in [9.17, 15) is 9.59 Å². The lowest BCUT2D eigenvalue weighted by Gasteiger charge is -2.25. The van der Waals surface area contributed by atoms with Gasteiger partial charge < -0.3 is 20.7 Å². The van der Waals surface area contributed by atoms with Crippen molar-refractivity contribution < 1.29 is 14.3 Å². The van der Waals surface area contributed by atoms with Crippen LogP contribution in [0, 0.1) is 5.92 Å². The van der Waals surface area contributed by atoms with Gasteiger partial charge in [-0.1, -0.05) is 11.6 Å². The third kappa shape index (κ3) is 4.07. The number of hydrogen-bond donors (Lipinski definition) is 2. The lowest BCUT2D eigenvalue weighted by molar-refractivity contribution is -0.124. The van der Waals surface area contributed by atoms with E-state index in [0.29, 0.717) is 41.8 Å². The minimum atomic E-state index is -0.470. The van der Waals surface area contributed by atoms with E-state index < -0.39 is 6.04 Å². The summed E-state index contributed by atoms with van der Waals surface area (Å²) in [7, 11) is 1.51. The van der Waals surface area contributed by atoms with Crippen LogP contribution in [0.25, 0.3) is 0 Å². The van der Waals surface area contributed by atoms with Crippen LogP contribution in [0.5, 0.6) is 5.75 Å². The summed E-state index contributed by atoms with van der Waals surface area (Å²) in [5.74, 6) is 0.611. The van der Waals surface area contributed by atoms with Crippen molar-refractivity contribution in [2.75, 3.05) is 20.2 Å². The van der Waals surface area contributed by atoms with E-state index in [1.54, 1.807) is 23.1 Å². The van der Waals surface area contributed by atoms with Gasteiger partial charge in [0.15, 0.2) is 0 Å². The van der Waals surface area contributed by atoms with Crippen LogP contribution in [0.2, 0.25) is 5.02 Å². The molecular weight excluding hydrogens is 342 g/mol. The van der Waals surface area contributed by atoms with Crippen molar-refractivity contribution in [3.63, 3.8) is 0 Å². The smallest absolute Gasteiger partial charge is 0.258 e. The van der Waals surface area contributed by atoms with Gasteiger partial charge in [-0.2, -0.15) is 0 Å². The second-order valence-corrected chi connectivity index (χ2v) is 7.18. The number of nitrogens with zero attached hydrogens (tertiary/aromatic N) is 1. The van der Waals surface area contributed by atoms with Crippen molar-refractivity contribution in [3.8, 4) is 5.75 Å². The Bertz CT molecular complexity index is 663. The molecule has 1 saturated carbocycles. The Hall–Kier alpha value is -1.79. The van der Waals surface area contributed by atoms with Crippen molar-refractivity contribution in [1.29, 1.82) is 0 Å². The second kappa shape index (κ2) is 7.62. The second-order valence-electron chi connectivity index (χ2n) is 6.75. The monoisotopic (exact) mass is 365 g/mol. The normalized spacial score (nSPS) is 21.1. The van der Waals surface area contributed by atoms with Crippen LogP contribution in [-0.4, -0.2) is 49.0 Å². The molecule has 2 aliphatic rings. The number of halogens is 1. The number of nitrogens with two attached hydrogens (primary N) is 1. The van der Waals surface area contributed by atoms with Gasteiger partial charge in [-0.05, 0) is 49.8 Å². The molecule has 7 heteroatoms. The van der Waals surface area contributed by atoms with Crippen LogP contribution in [0.15, 0.2) is 18.2 Å². The summed E-state index contributed by atoms with van der Waals surface area (Å²) in [5.41, 5.74) is 6.42. The average molecular weight is 366 g/mol. The van der Waals surface area contributed by atoms with Gasteiger partial charge in [0, 0.05) is 24.2 Å². The van der Waals surface area contributed by atoms with Crippen molar-refractivity contribution in [2.24, 2.45) is 11.7 Å². The number of methoxy groups -OCH3 is 1. The van der Waals surface area contributed by atoms with Crippen LogP contribution in [0.4, 0.5) is 0 Å². The minimum absolute atomic E-state index is 0.00234. The van der Waals surface area contributed by atoms with E-state index in [-0.39, 0.29) is 17.9 Å². The van der Waals surface area contributed by atoms with Gasteiger partial charge in [0.25, 0.3) is 5.91 Å². The Morgan fingerprint density at radius 2 is 2.16 bits per heavy atom. The summed E-state index contributed by atoms with van der Waals surface area (Å²) < 4.78 is 5.27. The van der Waals surface area contributed by atoms with Crippen LogP contribution in [0.3, 0.4) is 0 Å². The van der Waals surface area contributed by atoms with Crippen molar-refractivity contribution in [3.05, 3.63) is 28.8 Å². The predicted molar refractivity (Wildman–Crippen MR) is 95.8 cm³/mol. The van der Waals surface area contributed by atoms with Gasteiger partial charge in [0.2, 0.25) is 5.91 Å². The fourth-order valence-corrected chi connectivity index (χ4v) is 3.48. The molecular formula is C18H24ClN3O3. The first-order chi connectivity index (χ1) is 12.0. The molecule has 1 heterocycles. The number of amides is 2. The molecule has 1 saturated heterocycles. The first-order valence-corrected chi connectivity index (χ1v) is 9.07. The van der Waals surface area contributed by atoms with Gasteiger partial charge in [0.05, 0.1) is 12.7 Å². The van der Waals surface area contributed by atoms with Gasteiger partial charge in [0.1, 0.15) is 11.8 Å². The molecule has 3 rings (SSSR count). The summed E-state index contributed by atoms with van der Waals surface area (Å²) in [6.45, 7) is 1.00. The molecule has 2 atom stereocenters. The zero-order valence-corrected chi connectivity index (χ0v) is 15.1. The fraction of sp³-hybridized carbons (Fsp3) is 0.556. The molecule has 6 nitrogen and oxygen atoms in total. The molecule has 25 heavy (non-hydrogen) atoms. The predicted octanol–water partition coefficient (Wildman–Crippen LogP) is 1.81. The molecule has 1 aromatic carbocycles. The minimum Gasteiger partial charge on any atom is -0.496 e. The van der Waals surface area contributed by atoms with E-state index in [1.165, 1.54) is 7.11 Å². The first kappa shape index (κ1) is 18.0. The van der Waals surface area contributed by atoms with E-state index in [1.807, 2.05) is 0 Å². The third-order valence-corrected chi connectivity index (χ3v) is 5.18. The Labute approximate surface area is 152 Å². The van der Waals surface area contributed by atoms with Crippen LogP contribution in [-0.2, 0) is 4.79 Å². The molecule has 2 fully saturated rings. The van der Waals surface area contributed by atoms with Gasteiger partial charge >= 0.3 is 0 Å². The zero-order chi connectivity index (χ0) is 18.0.